The first-order chi connectivity index (χ1) is 10.6. The lowest BCUT2D eigenvalue weighted by atomic mass is 9.86. The van der Waals surface area contributed by atoms with Crippen molar-refractivity contribution in [3.8, 4) is 17.2 Å². The Balaban J connectivity index is 3.34. The predicted octanol–water partition coefficient (Wildman–Crippen LogP) is 2.52. The first-order valence-corrected chi connectivity index (χ1v) is 8.09. The number of benzene rings is 1. The Morgan fingerprint density at radius 1 is 0.864 bits per heavy atom. The van der Waals surface area contributed by atoms with E-state index in [0.717, 1.165) is 11.3 Å². The van der Waals surface area contributed by atoms with Crippen molar-refractivity contribution in [2.45, 2.75) is 33.6 Å². The Hall–Kier alpha value is -1.46. The monoisotopic (exact) mass is 310 g/mol. The zero-order chi connectivity index (χ0) is 16.5. The van der Waals surface area contributed by atoms with Crippen molar-refractivity contribution in [2.24, 2.45) is 17.4 Å². The van der Waals surface area contributed by atoms with Crippen LogP contribution in [0.15, 0.2) is 12.1 Å². The Bertz CT molecular complexity index is 448. The molecule has 1 aromatic carbocycles. The molecule has 1 rings (SSSR count). The van der Waals surface area contributed by atoms with Gasteiger partial charge in [0.1, 0.15) is 0 Å². The van der Waals surface area contributed by atoms with Crippen molar-refractivity contribution in [3.63, 3.8) is 0 Å². The molecule has 0 bridgehead atoms. The van der Waals surface area contributed by atoms with Gasteiger partial charge in [-0.3, -0.25) is 0 Å². The van der Waals surface area contributed by atoms with Gasteiger partial charge in [0.15, 0.2) is 11.5 Å². The highest BCUT2D eigenvalue weighted by atomic mass is 16.5. The molecular weight excluding hydrogens is 280 g/mol. The summed E-state index contributed by atoms with van der Waals surface area (Å²) in [5.41, 5.74) is 12.8. The van der Waals surface area contributed by atoms with Gasteiger partial charge >= 0.3 is 0 Å². The van der Waals surface area contributed by atoms with Crippen LogP contribution in [0, 0.1) is 5.92 Å². The van der Waals surface area contributed by atoms with Gasteiger partial charge in [-0.2, -0.15) is 0 Å². The molecule has 5 nitrogen and oxygen atoms in total. The van der Waals surface area contributed by atoms with Crippen LogP contribution in [0.3, 0.4) is 0 Å². The SMILES string of the molecule is CCOc1ccc(C(C)C(CN)CN)c(OCC)c1OCC. The molecule has 0 spiro atoms. The van der Waals surface area contributed by atoms with Gasteiger partial charge in [-0.05, 0) is 51.8 Å². The predicted molar refractivity (Wildman–Crippen MR) is 90.0 cm³/mol. The van der Waals surface area contributed by atoms with E-state index in [0.29, 0.717) is 44.4 Å². The molecule has 1 atom stereocenters. The molecular formula is C17H30N2O3. The average molecular weight is 310 g/mol. The minimum absolute atomic E-state index is 0.187. The molecule has 0 aliphatic rings. The average Bonchev–Trinajstić information content (AvgIpc) is 2.52. The Kier molecular flexibility index (Phi) is 8.06. The summed E-state index contributed by atoms with van der Waals surface area (Å²) < 4.78 is 17.4. The van der Waals surface area contributed by atoms with E-state index in [1.165, 1.54) is 0 Å². The van der Waals surface area contributed by atoms with Crippen LogP contribution >= 0.6 is 0 Å². The van der Waals surface area contributed by atoms with Gasteiger partial charge < -0.3 is 25.7 Å². The van der Waals surface area contributed by atoms with E-state index in [9.17, 15) is 0 Å². The first-order valence-electron chi connectivity index (χ1n) is 8.09. The molecule has 0 fully saturated rings. The lowest BCUT2D eigenvalue weighted by molar-refractivity contribution is 0.257. The van der Waals surface area contributed by atoms with Crippen molar-refractivity contribution in [1.82, 2.24) is 0 Å². The molecule has 1 aromatic rings. The molecule has 0 heterocycles. The van der Waals surface area contributed by atoms with Gasteiger partial charge in [0.2, 0.25) is 5.75 Å². The maximum Gasteiger partial charge on any atom is 0.203 e. The van der Waals surface area contributed by atoms with Crippen molar-refractivity contribution in [1.29, 1.82) is 0 Å². The highest BCUT2D eigenvalue weighted by molar-refractivity contribution is 5.57. The summed E-state index contributed by atoms with van der Waals surface area (Å²) in [7, 11) is 0. The van der Waals surface area contributed by atoms with Crippen LogP contribution in [-0.4, -0.2) is 32.9 Å². The third kappa shape index (κ3) is 4.27. The molecule has 1 unspecified atom stereocenters. The van der Waals surface area contributed by atoms with Gasteiger partial charge in [0.05, 0.1) is 19.8 Å². The third-order valence-corrected chi connectivity index (χ3v) is 3.79. The first kappa shape index (κ1) is 18.6. The van der Waals surface area contributed by atoms with Crippen LogP contribution in [0.2, 0.25) is 0 Å². The van der Waals surface area contributed by atoms with Crippen molar-refractivity contribution in [3.05, 3.63) is 17.7 Å². The Morgan fingerprint density at radius 3 is 1.91 bits per heavy atom. The molecule has 0 saturated carbocycles. The van der Waals surface area contributed by atoms with E-state index in [-0.39, 0.29) is 11.8 Å². The van der Waals surface area contributed by atoms with Gasteiger partial charge in [-0.1, -0.05) is 13.0 Å². The van der Waals surface area contributed by atoms with Gasteiger partial charge in [-0.25, -0.2) is 0 Å². The number of hydrogen-bond acceptors (Lipinski definition) is 5. The summed E-state index contributed by atoms with van der Waals surface area (Å²) in [6.07, 6.45) is 0. The van der Waals surface area contributed by atoms with Crippen LogP contribution < -0.4 is 25.7 Å². The molecule has 0 saturated heterocycles. The normalized spacial score (nSPS) is 12.3. The minimum Gasteiger partial charge on any atom is -0.490 e. The van der Waals surface area contributed by atoms with Gasteiger partial charge in [0.25, 0.3) is 0 Å². The minimum atomic E-state index is 0.187. The van der Waals surface area contributed by atoms with E-state index in [1.54, 1.807) is 0 Å². The van der Waals surface area contributed by atoms with Crippen LogP contribution in [-0.2, 0) is 0 Å². The third-order valence-electron chi connectivity index (χ3n) is 3.79. The Labute approximate surface area is 133 Å². The van der Waals surface area contributed by atoms with Gasteiger partial charge in [0, 0.05) is 5.56 Å². The van der Waals surface area contributed by atoms with Crippen molar-refractivity contribution < 1.29 is 14.2 Å². The number of ether oxygens (including phenoxy) is 3. The molecule has 0 radical (unpaired) electrons. The number of rotatable bonds is 10. The molecule has 126 valence electrons. The second-order valence-electron chi connectivity index (χ2n) is 5.13. The summed E-state index contributed by atoms with van der Waals surface area (Å²) in [6, 6.07) is 3.97. The molecule has 0 aromatic heterocycles. The van der Waals surface area contributed by atoms with Gasteiger partial charge in [-0.15, -0.1) is 0 Å². The molecule has 5 heteroatoms. The topological polar surface area (TPSA) is 79.7 Å². The summed E-state index contributed by atoms with van der Waals surface area (Å²) in [6.45, 7) is 10.8. The smallest absolute Gasteiger partial charge is 0.203 e. The molecule has 22 heavy (non-hydrogen) atoms. The van der Waals surface area contributed by atoms with Crippen molar-refractivity contribution >= 4 is 0 Å². The fourth-order valence-electron chi connectivity index (χ4n) is 2.52. The fraction of sp³-hybridized carbons (Fsp3) is 0.647. The second kappa shape index (κ2) is 9.54. The summed E-state index contributed by atoms with van der Waals surface area (Å²) in [5.74, 6) is 2.51. The van der Waals surface area contributed by atoms with Crippen LogP contribution in [0.5, 0.6) is 17.2 Å². The van der Waals surface area contributed by atoms with E-state index in [1.807, 2.05) is 32.9 Å². The highest BCUT2D eigenvalue weighted by Crippen LogP contribution is 2.44. The van der Waals surface area contributed by atoms with E-state index < -0.39 is 0 Å². The highest BCUT2D eigenvalue weighted by Gasteiger charge is 2.24. The standard InChI is InChI=1S/C17H30N2O3/c1-5-20-15-9-8-14(12(4)13(10-18)11-19)16(21-6-2)17(15)22-7-3/h8-9,12-13H,5-7,10-11,18-19H2,1-4H3. The number of hydrogen-bond donors (Lipinski definition) is 2. The van der Waals surface area contributed by atoms with Crippen molar-refractivity contribution in [2.75, 3.05) is 32.9 Å². The maximum atomic E-state index is 5.88. The zero-order valence-electron chi connectivity index (χ0n) is 14.2. The van der Waals surface area contributed by atoms with Crippen LogP contribution in [0.4, 0.5) is 0 Å². The zero-order valence-corrected chi connectivity index (χ0v) is 14.2. The quantitative estimate of drug-likeness (QED) is 0.694. The summed E-state index contributed by atoms with van der Waals surface area (Å²) >= 11 is 0. The van der Waals surface area contributed by atoms with Crippen LogP contribution in [0.1, 0.15) is 39.2 Å². The molecule has 0 amide bonds. The largest absolute Gasteiger partial charge is 0.490 e. The lowest BCUT2D eigenvalue weighted by Gasteiger charge is -2.25. The van der Waals surface area contributed by atoms with Crippen LogP contribution in [0.25, 0.3) is 0 Å². The van der Waals surface area contributed by atoms with E-state index in [2.05, 4.69) is 6.92 Å². The molecule has 0 aliphatic carbocycles. The number of nitrogens with two attached hydrogens (primary N) is 2. The molecule has 0 aliphatic heterocycles. The van der Waals surface area contributed by atoms with E-state index >= 15 is 0 Å². The summed E-state index contributed by atoms with van der Waals surface area (Å²) in [4.78, 5) is 0. The van der Waals surface area contributed by atoms with E-state index in [4.69, 9.17) is 25.7 Å². The molecule has 4 N–H and O–H groups in total. The maximum absolute atomic E-state index is 5.88. The second-order valence-corrected chi connectivity index (χ2v) is 5.13. The Morgan fingerprint density at radius 2 is 1.41 bits per heavy atom. The summed E-state index contributed by atoms with van der Waals surface area (Å²) in [5, 5.41) is 0. The fourth-order valence-corrected chi connectivity index (χ4v) is 2.52. The lowest BCUT2D eigenvalue weighted by Crippen LogP contribution is -2.28.